The molecule has 21 atom stereocenters. The van der Waals surface area contributed by atoms with E-state index in [4.69, 9.17) is 56.4 Å². The van der Waals surface area contributed by atoms with Gasteiger partial charge in [-0.25, -0.2) is 8.78 Å². The molecule has 0 spiro atoms. The van der Waals surface area contributed by atoms with Gasteiger partial charge in [-0.15, -0.1) is 22.7 Å². The van der Waals surface area contributed by atoms with Crippen LogP contribution in [-0.2, 0) is 49.4 Å². The van der Waals surface area contributed by atoms with Gasteiger partial charge >= 0.3 is 0 Å². The highest BCUT2D eigenvalue weighted by molar-refractivity contribution is 7.19. The Morgan fingerprint density at radius 2 is 0.847 bits per heavy atom. The Bertz CT molecular complexity index is 4830. The van der Waals surface area contributed by atoms with Gasteiger partial charge in [-0.1, -0.05) is 126 Å². The summed E-state index contributed by atoms with van der Waals surface area (Å²) in [6.07, 6.45) is -20.9. The van der Waals surface area contributed by atoms with Crippen molar-refractivity contribution in [3.8, 4) is 21.9 Å². The molecule has 0 saturated carbocycles. The number of ether oxygens (including phenoxy) is 7. The molecule has 0 unspecified atom stereocenters. The van der Waals surface area contributed by atoms with Crippen molar-refractivity contribution in [2.24, 2.45) is 0 Å². The third-order valence-corrected chi connectivity index (χ3v) is 24.6. The fraction of sp³-hybridized carbons (Fsp3) is 0.393. The third kappa shape index (κ3) is 21.7. The first-order chi connectivity index (χ1) is 56.7. The van der Waals surface area contributed by atoms with Crippen LogP contribution in [-0.4, -0.2) is 232 Å². The number of fused-ring (bicyclic) bond motifs is 1. The maximum atomic E-state index is 14.4. The summed E-state index contributed by atoms with van der Waals surface area (Å²) in [5, 5.41) is 161. The van der Waals surface area contributed by atoms with Gasteiger partial charge in [0.05, 0.1) is 46.2 Å². The summed E-state index contributed by atoms with van der Waals surface area (Å²) < 4.78 is 68.0. The van der Waals surface area contributed by atoms with Crippen LogP contribution in [0.5, 0.6) is 11.5 Å². The van der Waals surface area contributed by atoms with Crippen molar-refractivity contribution in [1.29, 1.82) is 0 Å². The van der Waals surface area contributed by atoms with E-state index in [0.29, 0.717) is 76.8 Å². The van der Waals surface area contributed by atoms with Crippen LogP contribution in [0.1, 0.15) is 109 Å². The summed E-state index contributed by atoms with van der Waals surface area (Å²) in [6, 6.07) is 56.5. The Morgan fingerprint density at radius 3 is 1.30 bits per heavy atom. The molecule has 29 heteroatoms. The molecule has 5 saturated heterocycles. The minimum atomic E-state index is -1.47. The molecule has 0 amide bonds. The van der Waals surface area contributed by atoms with Crippen molar-refractivity contribution in [3.05, 3.63) is 281 Å². The van der Waals surface area contributed by atoms with E-state index in [1.54, 1.807) is 65.1 Å². The summed E-state index contributed by atoms with van der Waals surface area (Å²) in [6.45, 7) is 3.98. The predicted octanol–water partition coefficient (Wildman–Crippen LogP) is 8.57. The standard InChI is InChI=1S/C24H25FO5S.C23H27ClO7.C21H25ClO6.C21H21FO5S/c1-13-2-3-15(24-23(29)22(28)21(27)19(12-26)30-24)10-16(13)11-18-8-9-20(31-18)14-4-6-17(25)7-5-14;24-18-6-3-14(23-22(28)21(27)20(26)19(11-25)31-23)10-15(18)9-13-1-4-16(5-2-13)30-17-7-8-29-12-17;1-2-27-15-6-3-12(4-7-15)9-14-10-13(5-8-16(14)22)21-20(26)19(25)18(24)17(11-23)28-21;22-15-6-5-12(21-20(26)19(25)18(24)16(10-23)27-21)7-13(15)9-14-8-11-3-1-2-4-17(11)28-14/h2-10,19,21-24,26-29H,11-12H2,1H3;1-6,10,17,19-23,25-28H,7-9,11-12H2;3-8,10,17-21,23-26H,2,9,11H2,1H3;1-8,16,18-21,23-26H,9-10H2/t19-,21-,22+,23-,24+;17-,19+,20+,21-,22+,23-;17-,18-,19+,20-,21+;16-,18-,19+,20-,21+/m1011/s1. The molecule has 5 fully saturated rings. The number of aliphatic hydroxyl groups excluding tert-OH is 16. The number of benzene rings is 8. The second-order valence-corrected chi connectivity index (χ2v) is 32.9. The zero-order chi connectivity index (χ0) is 84.2. The van der Waals surface area contributed by atoms with Crippen molar-refractivity contribution < 1.29 is 124 Å². The molecular weight excluding hydrogens is 1610 g/mol. The van der Waals surface area contributed by atoms with Crippen LogP contribution < -0.4 is 9.47 Å². The Kier molecular flexibility index (Phi) is 31.6. The van der Waals surface area contributed by atoms with Gasteiger partial charge in [0.15, 0.2) is 0 Å². The zero-order valence-electron chi connectivity index (χ0n) is 64.3. The van der Waals surface area contributed by atoms with Crippen molar-refractivity contribution in [2.75, 3.05) is 46.2 Å². The van der Waals surface area contributed by atoms with E-state index in [1.807, 2.05) is 135 Å². The highest BCUT2D eigenvalue weighted by Gasteiger charge is 2.48. The number of aliphatic hydroxyl groups is 16. The Balaban J connectivity index is 0.000000145. The van der Waals surface area contributed by atoms with Crippen LogP contribution >= 0.6 is 45.9 Å². The molecule has 23 nitrogen and oxygen atoms in total. The first-order valence-electron chi connectivity index (χ1n) is 38.8. The molecule has 5 aliphatic heterocycles. The van der Waals surface area contributed by atoms with Crippen LogP contribution in [0.3, 0.4) is 0 Å². The van der Waals surface area contributed by atoms with Gasteiger partial charge in [-0.3, -0.25) is 0 Å². The fourth-order valence-corrected chi connectivity index (χ4v) is 17.3. The summed E-state index contributed by atoms with van der Waals surface area (Å²) in [5.41, 5.74) is 9.63. The number of rotatable bonds is 21. The lowest BCUT2D eigenvalue weighted by Crippen LogP contribution is -2.55. The molecule has 15 rings (SSSR count). The molecule has 5 aliphatic rings. The monoisotopic (exact) mass is 1710 g/mol. The molecule has 0 bridgehead atoms. The molecule has 118 heavy (non-hydrogen) atoms. The lowest BCUT2D eigenvalue weighted by Gasteiger charge is -2.40. The second-order valence-electron chi connectivity index (χ2n) is 29.8. The quantitative estimate of drug-likeness (QED) is 0.0320. The minimum Gasteiger partial charge on any atom is -0.494 e. The molecule has 16 N–H and O–H groups in total. The summed E-state index contributed by atoms with van der Waals surface area (Å²) in [5.74, 6) is 0.958. The number of hydrogen-bond donors (Lipinski definition) is 16. The van der Waals surface area contributed by atoms with Gasteiger partial charge in [0.2, 0.25) is 0 Å². The lowest BCUT2D eigenvalue weighted by atomic mass is 9.89. The minimum absolute atomic E-state index is 0.0931. The van der Waals surface area contributed by atoms with Crippen LogP contribution in [0.2, 0.25) is 10.0 Å². The van der Waals surface area contributed by atoms with Gasteiger partial charge in [-0.05, 0) is 184 Å². The topological polar surface area (TPSA) is 388 Å². The molecule has 8 aromatic carbocycles. The van der Waals surface area contributed by atoms with Gasteiger partial charge < -0.3 is 115 Å². The normalized spacial score (nSPS) is 28.2. The second kappa shape index (κ2) is 41.5. The van der Waals surface area contributed by atoms with E-state index in [2.05, 4.69) is 0 Å². The maximum absolute atomic E-state index is 14.4. The molecule has 0 radical (unpaired) electrons. The van der Waals surface area contributed by atoms with Crippen LogP contribution in [0.15, 0.2) is 188 Å². The first-order valence-corrected chi connectivity index (χ1v) is 41.2. The average Bonchev–Trinajstić information content (AvgIpc) is 0.989. The van der Waals surface area contributed by atoms with E-state index in [-0.39, 0.29) is 17.7 Å². The molecule has 0 aliphatic carbocycles. The highest BCUT2D eigenvalue weighted by atomic mass is 35.5. The summed E-state index contributed by atoms with van der Waals surface area (Å²) in [4.78, 5) is 3.19. The predicted molar refractivity (Wildman–Crippen MR) is 438 cm³/mol. The number of aryl methyl sites for hydroxylation is 1. The number of thiophene rings is 2. The van der Waals surface area contributed by atoms with E-state index in [9.17, 15) is 90.5 Å². The van der Waals surface area contributed by atoms with E-state index in [0.717, 1.165) is 88.2 Å². The zero-order valence-corrected chi connectivity index (χ0v) is 67.5. The summed E-state index contributed by atoms with van der Waals surface area (Å²) in [7, 11) is 0. The third-order valence-electron chi connectivity index (χ3n) is 21.6. The molecule has 10 aromatic rings. The van der Waals surface area contributed by atoms with E-state index in [1.165, 1.54) is 24.3 Å². The SMILES string of the molecule is CCOc1ccc(Cc2cc([C@@H]3O[C@H](CO)[C@@H](O)[C@H](O)[C@H]3O)ccc2Cl)cc1.Cc1ccc([C@@H]2O[C@H](CO)[C@@H](O)[C@H](O)[C@H]2O)cc1Cc1ccc(-c2ccc(F)cc2)s1.OC[C@H]1O[C@@H](c2ccc(Cl)c(Cc3ccc(O[C@H]4CCOC4)cc3)c2)[C@H](O)[C@@H](O)[C@@H]1O.OC[C@H]1O[C@@H](c2ccc(F)c(Cc3cc4ccccc4s3)c2)[C@H](O)[C@@H](O)[C@@H]1O. The van der Waals surface area contributed by atoms with Crippen LogP contribution in [0, 0.1) is 18.6 Å². The largest absolute Gasteiger partial charge is 0.494 e. The van der Waals surface area contributed by atoms with Gasteiger partial charge in [0.1, 0.15) is 151 Å². The van der Waals surface area contributed by atoms with E-state index < -0.39 is 149 Å². The molecular formula is C89H98Cl2F2O23S2. The average molecular weight is 1710 g/mol. The maximum Gasteiger partial charge on any atom is 0.126 e. The molecule has 2 aromatic heterocycles. The smallest absolute Gasteiger partial charge is 0.126 e. The molecule has 7 heterocycles. The van der Waals surface area contributed by atoms with E-state index >= 15 is 0 Å². The fourth-order valence-electron chi connectivity index (χ4n) is 14.8. The van der Waals surface area contributed by atoms with Crippen molar-refractivity contribution in [1.82, 2.24) is 0 Å². The number of halogens is 4. The van der Waals surface area contributed by atoms with Gasteiger partial charge in [-0.2, -0.15) is 0 Å². The lowest BCUT2D eigenvalue weighted by molar-refractivity contribution is -0.231. The highest BCUT2D eigenvalue weighted by Crippen LogP contribution is 2.41. The van der Waals surface area contributed by atoms with Crippen molar-refractivity contribution >= 4 is 56.0 Å². The Hall–Kier alpha value is -7.38. The Morgan fingerprint density at radius 1 is 0.415 bits per heavy atom. The van der Waals surface area contributed by atoms with Crippen LogP contribution in [0.25, 0.3) is 20.5 Å². The molecule has 632 valence electrons. The Labute approximate surface area is 698 Å². The van der Waals surface area contributed by atoms with Crippen molar-refractivity contribution in [3.63, 3.8) is 0 Å². The number of hydrogen-bond acceptors (Lipinski definition) is 25. The summed E-state index contributed by atoms with van der Waals surface area (Å²) >= 11 is 16.0. The van der Waals surface area contributed by atoms with Crippen LogP contribution in [0.4, 0.5) is 8.78 Å². The van der Waals surface area contributed by atoms with Gasteiger partial charge in [0, 0.05) is 48.6 Å². The van der Waals surface area contributed by atoms with Crippen molar-refractivity contribution in [2.45, 2.75) is 174 Å². The van der Waals surface area contributed by atoms with Gasteiger partial charge in [0.25, 0.3) is 0 Å². The first kappa shape index (κ1) is 89.9.